The quantitative estimate of drug-likeness (QED) is 0.282. The second-order valence-corrected chi connectivity index (χ2v) is 7.29. The maximum Gasteiger partial charge on any atom is 0.191 e. The highest BCUT2D eigenvalue weighted by Gasteiger charge is 2.17. The first-order valence-electron chi connectivity index (χ1n) is 10.7. The lowest BCUT2D eigenvalue weighted by atomic mass is 9.94. The van der Waals surface area contributed by atoms with Crippen molar-refractivity contribution in [1.29, 1.82) is 0 Å². The number of nitrogens with one attached hydrogen (secondary N) is 2. The number of aliphatic imine (C=N–C) groups is 1. The summed E-state index contributed by atoms with van der Waals surface area (Å²) in [6, 6.07) is 6.07. The van der Waals surface area contributed by atoms with E-state index in [1.165, 1.54) is 44.5 Å². The number of ether oxygens (including phenoxy) is 2. The maximum absolute atomic E-state index is 5.38. The van der Waals surface area contributed by atoms with E-state index in [1.807, 2.05) is 12.1 Å². The number of methoxy groups -OCH3 is 2. The van der Waals surface area contributed by atoms with Crippen LogP contribution in [0.3, 0.4) is 0 Å². The zero-order valence-corrected chi connectivity index (χ0v) is 20.8. The number of nitrogens with zero attached hydrogens (tertiary/aromatic N) is 2. The lowest BCUT2D eigenvalue weighted by molar-refractivity contribution is 0.188. The molecule has 1 aromatic carbocycles. The summed E-state index contributed by atoms with van der Waals surface area (Å²) in [6.45, 7) is 10.6. The standard InChI is InChI=1S/C22H38N4O2.HI/c1-5-23-22(24-13-9-18-11-15-26(6-2)16-12-18)25-14-10-19-7-8-20(27-3)21(17-19)28-4;/h7-8,17-18H,5-6,9-16H2,1-4H3,(H2,23,24,25);1H. The fourth-order valence-corrected chi connectivity index (χ4v) is 3.65. The molecule has 1 aliphatic heterocycles. The number of piperidine rings is 1. The molecule has 1 aliphatic rings. The number of hydrogen-bond acceptors (Lipinski definition) is 4. The van der Waals surface area contributed by atoms with Crippen molar-refractivity contribution < 1.29 is 9.47 Å². The van der Waals surface area contributed by atoms with E-state index < -0.39 is 0 Å². The molecule has 0 aromatic heterocycles. The van der Waals surface area contributed by atoms with Crippen LogP contribution in [0, 0.1) is 5.92 Å². The number of likely N-dealkylation sites (tertiary alicyclic amines) is 1. The number of benzene rings is 1. The van der Waals surface area contributed by atoms with Gasteiger partial charge >= 0.3 is 0 Å². The highest BCUT2D eigenvalue weighted by Crippen LogP contribution is 2.27. The lowest BCUT2D eigenvalue weighted by Gasteiger charge is -2.30. The van der Waals surface area contributed by atoms with Gasteiger partial charge in [-0.3, -0.25) is 4.99 Å². The third kappa shape index (κ3) is 8.99. The summed E-state index contributed by atoms with van der Waals surface area (Å²) in [7, 11) is 3.33. The van der Waals surface area contributed by atoms with E-state index in [9.17, 15) is 0 Å². The van der Waals surface area contributed by atoms with Gasteiger partial charge in [0.05, 0.1) is 14.2 Å². The summed E-state index contributed by atoms with van der Waals surface area (Å²) >= 11 is 0. The van der Waals surface area contributed by atoms with Crippen LogP contribution in [-0.4, -0.2) is 64.3 Å². The van der Waals surface area contributed by atoms with Crippen LogP contribution >= 0.6 is 24.0 Å². The van der Waals surface area contributed by atoms with Crippen LogP contribution in [0.2, 0.25) is 0 Å². The van der Waals surface area contributed by atoms with Crippen LogP contribution in [0.5, 0.6) is 11.5 Å². The van der Waals surface area contributed by atoms with Crippen molar-refractivity contribution in [3.8, 4) is 11.5 Å². The zero-order chi connectivity index (χ0) is 20.2. The highest BCUT2D eigenvalue weighted by molar-refractivity contribution is 14.0. The molecule has 7 heteroatoms. The molecular weight excluding hydrogens is 479 g/mol. The van der Waals surface area contributed by atoms with Crippen molar-refractivity contribution in [3.63, 3.8) is 0 Å². The Morgan fingerprint density at radius 3 is 2.45 bits per heavy atom. The SMILES string of the molecule is CCNC(=NCCC1CCN(CC)CC1)NCCc1ccc(OC)c(OC)c1.I. The maximum atomic E-state index is 5.38. The molecule has 0 spiro atoms. The molecule has 0 atom stereocenters. The third-order valence-electron chi connectivity index (χ3n) is 5.46. The Morgan fingerprint density at radius 1 is 1.10 bits per heavy atom. The average molecular weight is 518 g/mol. The van der Waals surface area contributed by atoms with Crippen molar-refractivity contribution in [2.24, 2.45) is 10.9 Å². The van der Waals surface area contributed by atoms with Gasteiger partial charge in [0.25, 0.3) is 0 Å². The van der Waals surface area contributed by atoms with Crippen molar-refractivity contribution in [2.45, 2.75) is 39.5 Å². The van der Waals surface area contributed by atoms with Gasteiger partial charge in [0.15, 0.2) is 17.5 Å². The van der Waals surface area contributed by atoms with Crippen LogP contribution in [0.25, 0.3) is 0 Å². The van der Waals surface area contributed by atoms with Crippen molar-refractivity contribution in [3.05, 3.63) is 23.8 Å². The Morgan fingerprint density at radius 2 is 1.83 bits per heavy atom. The molecule has 1 saturated heterocycles. The third-order valence-corrected chi connectivity index (χ3v) is 5.46. The summed E-state index contributed by atoms with van der Waals surface area (Å²) < 4.78 is 10.7. The van der Waals surface area contributed by atoms with Crippen molar-refractivity contribution in [2.75, 3.05) is 53.5 Å². The normalized spacial score (nSPS) is 15.5. The second-order valence-electron chi connectivity index (χ2n) is 7.29. The first kappa shape index (κ1) is 25.8. The van der Waals surface area contributed by atoms with E-state index in [4.69, 9.17) is 14.5 Å². The van der Waals surface area contributed by atoms with Crippen LogP contribution in [0.15, 0.2) is 23.2 Å². The number of guanidine groups is 1. The van der Waals surface area contributed by atoms with Gasteiger partial charge in [0.2, 0.25) is 0 Å². The Kier molecular flexibility index (Phi) is 13.1. The van der Waals surface area contributed by atoms with E-state index in [-0.39, 0.29) is 24.0 Å². The summed E-state index contributed by atoms with van der Waals surface area (Å²) in [4.78, 5) is 7.32. The molecule has 1 heterocycles. The summed E-state index contributed by atoms with van der Waals surface area (Å²) in [5.41, 5.74) is 1.21. The topological polar surface area (TPSA) is 58.1 Å². The second kappa shape index (κ2) is 14.7. The number of halogens is 1. The summed E-state index contributed by atoms with van der Waals surface area (Å²) in [6.07, 6.45) is 4.71. The largest absolute Gasteiger partial charge is 0.493 e. The minimum Gasteiger partial charge on any atom is -0.493 e. The van der Waals surface area contributed by atoms with Crippen molar-refractivity contribution in [1.82, 2.24) is 15.5 Å². The fourth-order valence-electron chi connectivity index (χ4n) is 3.65. The van der Waals surface area contributed by atoms with Gasteiger partial charge < -0.3 is 25.0 Å². The smallest absolute Gasteiger partial charge is 0.191 e. The summed E-state index contributed by atoms with van der Waals surface area (Å²) in [5, 5.41) is 6.80. The molecule has 166 valence electrons. The monoisotopic (exact) mass is 518 g/mol. The average Bonchev–Trinajstić information content (AvgIpc) is 2.74. The summed E-state index contributed by atoms with van der Waals surface area (Å²) in [5.74, 6) is 3.27. The van der Waals surface area contributed by atoms with Crippen LogP contribution in [-0.2, 0) is 6.42 Å². The van der Waals surface area contributed by atoms with Crippen LogP contribution in [0.4, 0.5) is 0 Å². The van der Waals surface area contributed by atoms with Gasteiger partial charge in [-0.05, 0) is 75.9 Å². The molecule has 29 heavy (non-hydrogen) atoms. The van der Waals surface area contributed by atoms with E-state index in [1.54, 1.807) is 14.2 Å². The highest BCUT2D eigenvalue weighted by atomic mass is 127. The lowest BCUT2D eigenvalue weighted by Crippen LogP contribution is -2.38. The predicted octanol–water partition coefficient (Wildman–Crippen LogP) is 3.54. The van der Waals surface area contributed by atoms with Gasteiger partial charge in [-0.25, -0.2) is 0 Å². The molecule has 1 fully saturated rings. The molecule has 0 bridgehead atoms. The Hall–Kier alpha value is -1.22. The van der Waals surface area contributed by atoms with Gasteiger partial charge in [-0.2, -0.15) is 0 Å². The Labute approximate surface area is 193 Å². The van der Waals surface area contributed by atoms with Gasteiger partial charge in [-0.15, -0.1) is 24.0 Å². The fraction of sp³-hybridized carbons (Fsp3) is 0.682. The molecular formula is C22H39IN4O2. The molecule has 0 aliphatic carbocycles. The first-order valence-corrected chi connectivity index (χ1v) is 10.7. The van der Waals surface area contributed by atoms with Crippen molar-refractivity contribution >= 4 is 29.9 Å². The number of rotatable bonds is 10. The Bertz CT molecular complexity index is 604. The predicted molar refractivity (Wildman–Crippen MR) is 132 cm³/mol. The molecule has 2 N–H and O–H groups in total. The molecule has 0 saturated carbocycles. The molecule has 6 nitrogen and oxygen atoms in total. The molecule has 0 radical (unpaired) electrons. The molecule has 1 aromatic rings. The minimum atomic E-state index is 0. The van der Waals surface area contributed by atoms with Crippen LogP contribution in [0.1, 0.15) is 38.7 Å². The minimum absolute atomic E-state index is 0. The van der Waals surface area contributed by atoms with E-state index in [2.05, 4.69) is 35.4 Å². The van der Waals surface area contributed by atoms with E-state index in [0.29, 0.717) is 0 Å². The van der Waals surface area contributed by atoms with Gasteiger partial charge in [0.1, 0.15) is 0 Å². The van der Waals surface area contributed by atoms with E-state index in [0.717, 1.165) is 49.4 Å². The van der Waals surface area contributed by atoms with Crippen LogP contribution < -0.4 is 20.1 Å². The Balaban J connectivity index is 0.00000420. The van der Waals surface area contributed by atoms with Gasteiger partial charge in [-0.1, -0.05) is 13.0 Å². The first-order chi connectivity index (χ1) is 13.7. The molecule has 0 unspecified atom stereocenters. The zero-order valence-electron chi connectivity index (χ0n) is 18.5. The van der Waals surface area contributed by atoms with Gasteiger partial charge in [0, 0.05) is 19.6 Å². The molecule has 2 rings (SSSR count). The molecule has 0 amide bonds. The number of hydrogen-bond donors (Lipinski definition) is 2. The van der Waals surface area contributed by atoms with E-state index >= 15 is 0 Å².